The zero-order chi connectivity index (χ0) is 21.9. The largest absolute Gasteiger partial charge is 0.323 e. The fraction of sp³-hybridized carbons (Fsp3) is 0.480. The predicted octanol–water partition coefficient (Wildman–Crippen LogP) is 7.44. The Balaban J connectivity index is 0.00000190. The van der Waals surface area contributed by atoms with Gasteiger partial charge in [0.25, 0.3) is 0 Å². The molecule has 0 bridgehead atoms. The maximum Gasteiger partial charge on any atom is 0.323 e. The van der Waals surface area contributed by atoms with Crippen LogP contribution in [0.15, 0.2) is 0 Å². The monoisotopic (exact) mass is 382 g/mol. The Kier molecular flexibility index (Phi) is 7.86. The number of nitrogens with one attached hydrogen (secondary N) is 2. The number of carbonyl (C=O) groups is 1. The lowest BCUT2D eigenvalue weighted by atomic mass is 9.92. The van der Waals surface area contributed by atoms with E-state index in [9.17, 15) is 4.79 Å². The van der Waals surface area contributed by atoms with Gasteiger partial charge in [-0.2, -0.15) is 0 Å². The molecule has 0 aromatic heterocycles. The average molecular weight is 383 g/mol. The van der Waals surface area contributed by atoms with Crippen molar-refractivity contribution < 1.29 is 4.79 Å². The Morgan fingerprint density at radius 1 is 0.429 bits per heavy atom. The summed E-state index contributed by atoms with van der Waals surface area (Å²) in [6.45, 7) is 25.0. The zero-order valence-electron chi connectivity index (χ0n) is 19.9. The molecule has 0 fully saturated rings. The smallest absolute Gasteiger partial charge is 0.307 e. The summed E-state index contributed by atoms with van der Waals surface area (Å²) in [5.74, 6) is 0. The number of carbonyl (C=O) groups excluding carboxylic acids is 1. The topological polar surface area (TPSA) is 41.1 Å². The van der Waals surface area contributed by atoms with Crippen LogP contribution in [0.5, 0.6) is 0 Å². The SMILES string of the molecule is CC.Cc1c(C)c(C)c(NC(=O)Nc2c(C)c(C)c(C)c(C)c2C)c(C)c1C. The first-order valence-electron chi connectivity index (χ1n) is 10.2. The summed E-state index contributed by atoms with van der Waals surface area (Å²) in [4.78, 5) is 12.8. The summed E-state index contributed by atoms with van der Waals surface area (Å²) in [7, 11) is 0. The van der Waals surface area contributed by atoms with E-state index in [1.54, 1.807) is 0 Å². The second kappa shape index (κ2) is 9.27. The van der Waals surface area contributed by atoms with Gasteiger partial charge < -0.3 is 10.6 Å². The van der Waals surface area contributed by atoms with Crippen LogP contribution >= 0.6 is 0 Å². The lowest BCUT2D eigenvalue weighted by Crippen LogP contribution is -2.23. The number of rotatable bonds is 2. The highest BCUT2D eigenvalue weighted by Gasteiger charge is 2.17. The van der Waals surface area contributed by atoms with Gasteiger partial charge in [0.2, 0.25) is 0 Å². The predicted molar refractivity (Wildman–Crippen MR) is 124 cm³/mol. The van der Waals surface area contributed by atoms with Crippen LogP contribution in [0.1, 0.15) is 69.5 Å². The van der Waals surface area contributed by atoms with Crippen molar-refractivity contribution in [2.75, 3.05) is 10.6 Å². The van der Waals surface area contributed by atoms with Crippen LogP contribution in [0.25, 0.3) is 0 Å². The highest BCUT2D eigenvalue weighted by Crippen LogP contribution is 2.32. The van der Waals surface area contributed by atoms with E-state index in [4.69, 9.17) is 0 Å². The summed E-state index contributed by atoms with van der Waals surface area (Å²) < 4.78 is 0. The van der Waals surface area contributed by atoms with E-state index in [0.717, 1.165) is 33.6 Å². The Morgan fingerprint density at radius 3 is 0.821 bits per heavy atom. The average Bonchev–Trinajstić information content (AvgIpc) is 2.70. The number of amides is 2. The Morgan fingerprint density at radius 2 is 0.607 bits per heavy atom. The summed E-state index contributed by atoms with van der Waals surface area (Å²) in [6, 6.07) is -0.187. The van der Waals surface area contributed by atoms with E-state index < -0.39 is 0 Å². The minimum absolute atomic E-state index is 0.187. The van der Waals surface area contributed by atoms with E-state index >= 15 is 0 Å². The molecule has 0 atom stereocenters. The Bertz CT molecular complexity index is 776. The molecule has 0 saturated heterocycles. The Labute approximate surface area is 171 Å². The molecule has 2 aromatic carbocycles. The Hall–Kier alpha value is -2.29. The van der Waals surface area contributed by atoms with E-state index in [1.807, 2.05) is 13.8 Å². The molecular formula is C25H38N2O. The van der Waals surface area contributed by atoms with E-state index in [0.29, 0.717) is 0 Å². The third-order valence-electron chi connectivity index (χ3n) is 6.48. The van der Waals surface area contributed by atoms with Gasteiger partial charge in [-0.15, -0.1) is 0 Å². The van der Waals surface area contributed by atoms with Crippen LogP contribution in [-0.2, 0) is 0 Å². The van der Waals surface area contributed by atoms with E-state index in [1.165, 1.54) is 33.4 Å². The first kappa shape index (κ1) is 23.7. The summed E-state index contributed by atoms with van der Waals surface area (Å²) >= 11 is 0. The van der Waals surface area contributed by atoms with Gasteiger partial charge in [-0.3, -0.25) is 0 Å². The third-order valence-corrected chi connectivity index (χ3v) is 6.48. The summed E-state index contributed by atoms with van der Waals surface area (Å²) in [5, 5.41) is 6.19. The summed E-state index contributed by atoms with van der Waals surface area (Å²) in [6.07, 6.45) is 0. The molecular weight excluding hydrogens is 344 g/mol. The molecule has 0 spiro atoms. The van der Waals surface area contributed by atoms with Gasteiger partial charge in [0.15, 0.2) is 0 Å². The van der Waals surface area contributed by atoms with Crippen LogP contribution in [0.2, 0.25) is 0 Å². The first-order valence-corrected chi connectivity index (χ1v) is 10.2. The number of urea groups is 1. The molecule has 2 amide bonds. The molecule has 0 aliphatic rings. The van der Waals surface area contributed by atoms with Crippen molar-refractivity contribution in [3.05, 3.63) is 55.6 Å². The molecule has 3 nitrogen and oxygen atoms in total. The van der Waals surface area contributed by atoms with Crippen LogP contribution in [0.3, 0.4) is 0 Å². The van der Waals surface area contributed by atoms with Gasteiger partial charge in [-0.25, -0.2) is 4.79 Å². The van der Waals surface area contributed by atoms with E-state index in [2.05, 4.69) is 79.9 Å². The number of hydrogen-bond acceptors (Lipinski definition) is 1. The third kappa shape index (κ3) is 4.24. The molecule has 154 valence electrons. The van der Waals surface area contributed by atoms with Crippen molar-refractivity contribution in [3.8, 4) is 0 Å². The second-order valence-electron chi connectivity index (χ2n) is 7.58. The first-order chi connectivity index (χ1) is 13.0. The minimum atomic E-state index is -0.187. The number of benzene rings is 2. The maximum absolute atomic E-state index is 12.8. The van der Waals surface area contributed by atoms with Crippen molar-refractivity contribution in [3.63, 3.8) is 0 Å². The van der Waals surface area contributed by atoms with Gasteiger partial charge in [0, 0.05) is 11.4 Å². The van der Waals surface area contributed by atoms with Crippen molar-refractivity contribution in [2.24, 2.45) is 0 Å². The van der Waals surface area contributed by atoms with Crippen molar-refractivity contribution in [1.29, 1.82) is 0 Å². The standard InChI is InChI=1S/C23H32N2O.C2H6/c1-11-13(3)17(7)21(18(8)14(11)4)24-23(26)25-22-19(9)15(5)12(2)16(6)20(22)10;1-2/h1-10H3,(H2,24,25,26);1-2H3. The lowest BCUT2D eigenvalue weighted by molar-refractivity contribution is 0.262. The second-order valence-corrected chi connectivity index (χ2v) is 7.58. The molecule has 0 heterocycles. The molecule has 28 heavy (non-hydrogen) atoms. The minimum Gasteiger partial charge on any atom is -0.307 e. The normalized spacial score (nSPS) is 10.3. The lowest BCUT2D eigenvalue weighted by Gasteiger charge is -2.22. The zero-order valence-corrected chi connectivity index (χ0v) is 19.9. The molecule has 3 heteroatoms. The number of hydrogen-bond donors (Lipinski definition) is 2. The molecule has 0 unspecified atom stereocenters. The van der Waals surface area contributed by atoms with Crippen LogP contribution < -0.4 is 10.6 Å². The molecule has 0 aliphatic heterocycles. The fourth-order valence-electron chi connectivity index (χ4n) is 3.63. The highest BCUT2D eigenvalue weighted by atomic mass is 16.2. The molecule has 0 saturated carbocycles. The molecule has 0 radical (unpaired) electrons. The van der Waals surface area contributed by atoms with Crippen molar-refractivity contribution >= 4 is 17.4 Å². The summed E-state index contributed by atoms with van der Waals surface area (Å²) in [5.41, 5.74) is 13.9. The molecule has 0 aliphatic carbocycles. The quantitative estimate of drug-likeness (QED) is 0.556. The van der Waals surface area contributed by atoms with Crippen LogP contribution in [-0.4, -0.2) is 6.03 Å². The maximum atomic E-state index is 12.8. The van der Waals surface area contributed by atoms with Gasteiger partial charge in [-0.05, 0) is 125 Å². The van der Waals surface area contributed by atoms with Crippen molar-refractivity contribution in [1.82, 2.24) is 0 Å². The fourth-order valence-corrected chi connectivity index (χ4v) is 3.63. The van der Waals surface area contributed by atoms with E-state index in [-0.39, 0.29) is 6.03 Å². The van der Waals surface area contributed by atoms with Crippen LogP contribution in [0, 0.1) is 69.2 Å². The van der Waals surface area contributed by atoms with Gasteiger partial charge in [0.1, 0.15) is 0 Å². The van der Waals surface area contributed by atoms with Gasteiger partial charge in [-0.1, -0.05) is 13.8 Å². The van der Waals surface area contributed by atoms with Crippen LogP contribution in [0.4, 0.5) is 16.2 Å². The highest BCUT2D eigenvalue weighted by molar-refractivity contribution is 6.02. The number of anilines is 2. The molecule has 2 rings (SSSR count). The van der Waals surface area contributed by atoms with Crippen molar-refractivity contribution in [2.45, 2.75) is 83.1 Å². The van der Waals surface area contributed by atoms with Gasteiger partial charge in [0.05, 0.1) is 0 Å². The molecule has 2 N–H and O–H groups in total. The molecule has 2 aromatic rings. The van der Waals surface area contributed by atoms with Gasteiger partial charge >= 0.3 is 6.03 Å².